The van der Waals surface area contributed by atoms with Gasteiger partial charge in [-0.25, -0.2) is 0 Å². The zero-order chi connectivity index (χ0) is 18.0. The summed E-state index contributed by atoms with van der Waals surface area (Å²) in [7, 11) is 1.42. The van der Waals surface area contributed by atoms with Gasteiger partial charge in [0, 0.05) is 12.6 Å². The fraction of sp³-hybridized carbons (Fsp3) is 0.438. The normalized spacial score (nSPS) is 17.4. The minimum atomic E-state index is -0.512. The maximum Gasteiger partial charge on any atom is 0.276 e. The van der Waals surface area contributed by atoms with E-state index in [1.165, 1.54) is 25.6 Å². The Balaban J connectivity index is 1.99. The molecule has 0 aliphatic carbocycles. The molecule has 0 radical (unpaired) electrons. The molecule has 0 N–H and O–H groups in total. The van der Waals surface area contributed by atoms with Gasteiger partial charge in [0.15, 0.2) is 5.82 Å². The van der Waals surface area contributed by atoms with Crippen molar-refractivity contribution in [1.82, 2.24) is 15.0 Å². The number of hydrogen-bond acceptors (Lipinski definition) is 7. The predicted molar refractivity (Wildman–Crippen MR) is 86.3 cm³/mol. The molecule has 2 aromatic rings. The van der Waals surface area contributed by atoms with E-state index >= 15 is 0 Å². The summed E-state index contributed by atoms with van der Waals surface area (Å²) >= 11 is 0. The van der Waals surface area contributed by atoms with E-state index < -0.39 is 4.92 Å². The number of amides is 1. The molecule has 1 atom stereocenters. The Kier molecular flexibility index (Phi) is 4.64. The summed E-state index contributed by atoms with van der Waals surface area (Å²) in [6, 6.07) is 2.53. The second-order valence-electron chi connectivity index (χ2n) is 5.88. The Hall–Kier alpha value is -2.97. The molecule has 9 heteroatoms. The number of ether oxygens (including phenoxy) is 1. The molecule has 1 aromatic carbocycles. The standard InChI is InChI=1S/C16H18N4O5/c1-10-13(20(22)23)7-11(8-14(10)24-2)16(21)19-6-4-3-5-12(19)15-17-9-25-18-15/h7-9,12H,3-6H2,1-2H3/t12-/m1/s1. The third-order valence-electron chi connectivity index (χ3n) is 4.44. The summed E-state index contributed by atoms with van der Waals surface area (Å²) in [5.74, 6) is 0.447. The Bertz CT molecular complexity index is 790. The molecule has 1 amide bonds. The molecule has 9 nitrogen and oxygen atoms in total. The molecular formula is C16H18N4O5. The highest BCUT2D eigenvalue weighted by Crippen LogP contribution is 2.33. The SMILES string of the molecule is COc1cc(C(=O)N2CCCC[C@@H]2c2ncon2)cc([N+](=O)[O-])c1C. The zero-order valence-corrected chi connectivity index (χ0v) is 14.0. The van der Waals surface area contributed by atoms with E-state index in [9.17, 15) is 14.9 Å². The molecule has 2 heterocycles. The number of nitro groups is 1. The highest BCUT2D eigenvalue weighted by atomic mass is 16.6. The maximum atomic E-state index is 13.0. The number of methoxy groups -OCH3 is 1. The number of nitrogens with zero attached hydrogens (tertiary/aromatic N) is 4. The third-order valence-corrected chi connectivity index (χ3v) is 4.44. The van der Waals surface area contributed by atoms with Crippen LogP contribution in [0.1, 0.15) is 47.1 Å². The monoisotopic (exact) mass is 346 g/mol. The number of carbonyl (C=O) groups is 1. The summed E-state index contributed by atoms with van der Waals surface area (Å²) < 4.78 is 9.99. The lowest BCUT2D eigenvalue weighted by atomic mass is 9.99. The molecule has 1 aromatic heterocycles. The highest BCUT2D eigenvalue weighted by Gasteiger charge is 2.32. The van der Waals surface area contributed by atoms with Crippen molar-refractivity contribution in [3.05, 3.63) is 45.6 Å². The summed E-state index contributed by atoms with van der Waals surface area (Å²) in [4.78, 5) is 29.5. The Morgan fingerprint density at radius 2 is 2.24 bits per heavy atom. The third kappa shape index (κ3) is 3.17. The number of hydrogen-bond donors (Lipinski definition) is 0. The first-order valence-electron chi connectivity index (χ1n) is 7.93. The topological polar surface area (TPSA) is 112 Å². The van der Waals surface area contributed by atoms with Crippen molar-refractivity contribution in [3.8, 4) is 5.75 Å². The molecule has 1 saturated heterocycles. The molecular weight excluding hydrogens is 328 g/mol. The molecule has 3 rings (SSSR count). The van der Waals surface area contributed by atoms with Gasteiger partial charge in [0.25, 0.3) is 11.6 Å². The average Bonchev–Trinajstić information content (AvgIpc) is 3.15. The summed E-state index contributed by atoms with van der Waals surface area (Å²) in [6.45, 7) is 2.12. The number of likely N-dealkylation sites (tertiary alicyclic amines) is 1. The van der Waals surface area contributed by atoms with Gasteiger partial charge in [0.05, 0.1) is 29.2 Å². The van der Waals surface area contributed by atoms with E-state index in [-0.39, 0.29) is 23.2 Å². The highest BCUT2D eigenvalue weighted by molar-refractivity contribution is 5.96. The molecule has 1 fully saturated rings. The fourth-order valence-corrected chi connectivity index (χ4v) is 3.13. The summed E-state index contributed by atoms with van der Waals surface area (Å²) in [5.41, 5.74) is 0.456. The average molecular weight is 346 g/mol. The fourth-order valence-electron chi connectivity index (χ4n) is 3.13. The van der Waals surface area contributed by atoms with Crippen molar-refractivity contribution in [3.63, 3.8) is 0 Å². The number of piperidine rings is 1. The Labute approximate surface area is 143 Å². The Morgan fingerprint density at radius 3 is 2.88 bits per heavy atom. The van der Waals surface area contributed by atoms with Gasteiger partial charge >= 0.3 is 0 Å². The number of carbonyl (C=O) groups excluding carboxylic acids is 1. The second-order valence-corrected chi connectivity index (χ2v) is 5.88. The van der Waals surface area contributed by atoms with Gasteiger partial charge in [0.1, 0.15) is 5.75 Å². The predicted octanol–water partition coefficient (Wildman–Crippen LogP) is 2.66. The van der Waals surface area contributed by atoms with Crippen LogP contribution in [0.2, 0.25) is 0 Å². The minimum Gasteiger partial charge on any atom is -0.496 e. The van der Waals surface area contributed by atoms with Crippen LogP contribution in [0.15, 0.2) is 23.0 Å². The van der Waals surface area contributed by atoms with Crippen molar-refractivity contribution in [2.24, 2.45) is 0 Å². The van der Waals surface area contributed by atoms with Gasteiger partial charge in [-0.3, -0.25) is 14.9 Å². The molecule has 0 saturated carbocycles. The van der Waals surface area contributed by atoms with Gasteiger partial charge in [0.2, 0.25) is 6.39 Å². The second kappa shape index (κ2) is 6.88. The van der Waals surface area contributed by atoms with Crippen molar-refractivity contribution < 1.29 is 19.0 Å². The number of rotatable bonds is 4. The lowest BCUT2D eigenvalue weighted by Crippen LogP contribution is -2.39. The molecule has 0 spiro atoms. The lowest BCUT2D eigenvalue weighted by Gasteiger charge is -2.33. The molecule has 1 aliphatic heterocycles. The van der Waals surface area contributed by atoms with E-state index in [1.807, 2.05) is 0 Å². The van der Waals surface area contributed by atoms with Crippen molar-refractivity contribution in [1.29, 1.82) is 0 Å². The van der Waals surface area contributed by atoms with Crippen molar-refractivity contribution in [2.45, 2.75) is 32.2 Å². The van der Waals surface area contributed by atoms with Crippen LogP contribution in [-0.4, -0.2) is 39.5 Å². The first-order valence-corrected chi connectivity index (χ1v) is 7.93. The van der Waals surface area contributed by atoms with Gasteiger partial charge < -0.3 is 14.2 Å². The number of nitro benzene ring substituents is 1. The van der Waals surface area contributed by atoms with Crippen LogP contribution >= 0.6 is 0 Å². The van der Waals surface area contributed by atoms with E-state index in [0.717, 1.165) is 19.3 Å². The van der Waals surface area contributed by atoms with Crippen LogP contribution in [0.3, 0.4) is 0 Å². The smallest absolute Gasteiger partial charge is 0.276 e. The van der Waals surface area contributed by atoms with E-state index in [0.29, 0.717) is 23.7 Å². The molecule has 1 aliphatic rings. The van der Waals surface area contributed by atoms with Crippen LogP contribution in [-0.2, 0) is 0 Å². The lowest BCUT2D eigenvalue weighted by molar-refractivity contribution is -0.385. The first-order chi connectivity index (χ1) is 12.0. The van der Waals surface area contributed by atoms with Crippen LogP contribution in [0.25, 0.3) is 0 Å². The first kappa shape index (κ1) is 16.9. The van der Waals surface area contributed by atoms with Crippen molar-refractivity contribution in [2.75, 3.05) is 13.7 Å². The van der Waals surface area contributed by atoms with Crippen molar-refractivity contribution >= 4 is 11.6 Å². The summed E-state index contributed by atoms with van der Waals surface area (Å²) in [6.07, 6.45) is 3.74. The van der Waals surface area contributed by atoms with Crippen LogP contribution in [0.4, 0.5) is 5.69 Å². The molecule has 0 unspecified atom stereocenters. The quantitative estimate of drug-likeness (QED) is 0.618. The van der Waals surface area contributed by atoms with Gasteiger partial charge in [-0.05, 0) is 32.3 Å². The van der Waals surface area contributed by atoms with Crippen LogP contribution in [0.5, 0.6) is 5.75 Å². The van der Waals surface area contributed by atoms with E-state index in [4.69, 9.17) is 9.26 Å². The molecule has 25 heavy (non-hydrogen) atoms. The van der Waals surface area contributed by atoms with Crippen LogP contribution in [0, 0.1) is 17.0 Å². The van der Waals surface area contributed by atoms with Gasteiger partial charge in [-0.1, -0.05) is 5.16 Å². The Morgan fingerprint density at radius 1 is 1.44 bits per heavy atom. The minimum absolute atomic E-state index is 0.143. The maximum absolute atomic E-state index is 13.0. The molecule has 0 bridgehead atoms. The zero-order valence-electron chi connectivity index (χ0n) is 14.0. The van der Waals surface area contributed by atoms with E-state index in [1.54, 1.807) is 11.8 Å². The van der Waals surface area contributed by atoms with Gasteiger partial charge in [-0.15, -0.1) is 0 Å². The van der Waals surface area contributed by atoms with Gasteiger partial charge in [-0.2, -0.15) is 4.98 Å². The summed E-state index contributed by atoms with van der Waals surface area (Å²) in [5, 5.41) is 15.1. The number of benzene rings is 1. The van der Waals surface area contributed by atoms with Crippen LogP contribution < -0.4 is 4.74 Å². The van der Waals surface area contributed by atoms with E-state index in [2.05, 4.69) is 10.1 Å². The number of aromatic nitrogens is 2. The largest absolute Gasteiger partial charge is 0.496 e. The molecule has 132 valence electrons.